The second-order valence-corrected chi connectivity index (χ2v) is 6.91. The number of H-pyrrole nitrogens is 1. The Hall–Kier alpha value is -2.71. The highest BCUT2D eigenvalue weighted by Crippen LogP contribution is 2.18. The smallest absolute Gasteiger partial charge is 0.274 e. The monoisotopic (exact) mass is 353 g/mol. The van der Waals surface area contributed by atoms with Crippen LogP contribution in [0.5, 0.6) is 0 Å². The van der Waals surface area contributed by atoms with Crippen LogP contribution >= 0.6 is 0 Å². The van der Waals surface area contributed by atoms with E-state index in [4.69, 9.17) is 5.73 Å². The fourth-order valence-corrected chi connectivity index (χ4v) is 3.57. The zero-order valence-electron chi connectivity index (χ0n) is 14.8. The molecule has 0 spiro atoms. The van der Waals surface area contributed by atoms with Gasteiger partial charge in [0.15, 0.2) is 0 Å². The van der Waals surface area contributed by atoms with Gasteiger partial charge in [0.05, 0.1) is 5.69 Å². The first-order chi connectivity index (χ1) is 12.6. The molecule has 3 aromatic rings. The van der Waals surface area contributed by atoms with Gasteiger partial charge < -0.3 is 5.73 Å². The summed E-state index contributed by atoms with van der Waals surface area (Å²) < 4.78 is 1.26. The number of nitrogens with one attached hydrogen (secondary N) is 1. The number of hydrogen-bond donors (Lipinski definition) is 2. The van der Waals surface area contributed by atoms with Crippen LogP contribution in [0.2, 0.25) is 0 Å². The lowest BCUT2D eigenvalue weighted by molar-refractivity contribution is 0.222. The molecule has 0 aliphatic carbocycles. The van der Waals surface area contributed by atoms with Crippen molar-refractivity contribution < 1.29 is 0 Å². The van der Waals surface area contributed by atoms with Crippen molar-refractivity contribution in [1.82, 2.24) is 29.4 Å². The van der Waals surface area contributed by atoms with E-state index in [0.29, 0.717) is 18.4 Å². The van der Waals surface area contributed by atoms with Crippen LogP contribution in [0, 0.1) is 0 Å². The molecule has 1 saturated heterocycles. The average molecular weight is 353 g/mol. The van der Waals surface area contributed by atoms with Crippen LogP contribution in [-0.4, -0.2) is 55.6 Å². The maximum atomic E-state index is 12.1. The predicted molar refractivity (Wildman–Crippen MR) is 99.6 cm³/mol. The van der Waals surface area contributed by atoms with Gasteiger partial charge in [0, 0.05) is 38.3 Å². The standard InChI is InChI=1S/C18H23N7O/c1-23(10-13-5-3-2-4-6-13)15-7-8-24(12-15)11-14-9-16(26)25-18(20-14)21-17(19)22-25/h2-6,9,15H,7-8,10-12H2,1H3,(H3,19,20,21,22). The van der Waals surface area contributed by atoms with E-state index in [1.165, 1.54) is 10.1 Å². The Labute approximate surface area is 151 Å². The molecule has 1 aromatic carbocycles. The molecule has 136 valence electrons. The molecule has 1 atom stereocenters. The van der Waals surface area contributed by atoms with E-state index >= 15 is 0 Å². The quantitative estimate of drug-likeness (QED) is 0.701. The summed E-state index contributed by atoms with van der Waals surface area (Å²) in [6.45, 7) is 3.55. The van der Waals surface area contributed by atoms with Crippen LogP contribution in [0.25, 0.3) is 5.78 Å². The highest BCUT2D eigenvalue weighted by atomic mass is 16.1. The number of rotatable bonds is 5. The summed E-state index contributed by atoms with van der Waals surface area (Å²) in [5, 5.41) is 2.68. The highest BCUT2D eigenvalue weighted by Gasteiger charge is 2.26. The molecule has 0 bridgehead atoms. The van der Waals surface area contributed by atoms with E-state index in [0.717, 1.165) is 31.7 Å². The summed E-state index contributed by atoms with van der Waals surface area (Å²) in [6, 6.07) is 12.6. The van der Waals surface area contributed by atoms with E-state index in [9.17, 15) is 4.79 Å². The van der Waals surface area contributed by atoms with E-state index in [-0.39, 0.29) is 11.5 Å². The fraction of sp³-hybridized carbons (Fsp3) is 0.389. The number of likely N-dealkylation sites (N-methyl/N-ethyl adjacent to an activating group) is 1. The largest absolute Gasteiger partial charge is 0.368 e. The number of aromatic amines is 1. The van der Waals surface area contributed by atoms with E-state index < -0.39 is 0 Å². The van der Waals surface area contributed by atoms with Gasteiger partial charge in [0.2, 0.25) is 5.95 Å². The van der Waals surface area contributed by atoms with Gasteiger partial charge in [-0.1, -0.05) is 30.3 Å². The van der Waals surface area contributed by atoms with Crippen molar-refractivity contribution in [2.24, 2.45) is 0 Å². The fourth-order valence-electron chi connectivity index (χ4n) is 3.57. The van der Waals surface area contributed by atoms with Crippen LogP contribution < -0.4 is 11.3 Å². The molecule has 0 radical (unpaired) electrons. The molecule has 26 heavy (non-hydrogen) atoms. The molecule has 3 N–H and O–H groups in total. The second-order valence-electron chi connectivity index (χ2n) is 6.91. The summed E-state index contributed by atoms with van der Waals surface area (Å²) in [4.78, 5) is 25.4. The Balaban J connectivity index is 1.40. The van der Waals surface area contributed by atoms with Crippen molar-refractivity contribution >= 4 is 11.7 Å². The Kier molecular flexibility index (Phi) is 4.44. The molecule has 3 heterocycles. The van der Waals surface area contributed by atoms with E-state index in [1.807, 2.05) is 6.07 Å². The number of aromatic nitrogens is 4. The Morgan fingerprint density at radius 2 is 2.12 bits per heavy atom. The number of benzene rings is 1. The molecule has 1 fully saturated rings. The van der Waals surface area contributed by atoms with E-state index in [2.05, 4.69) is 56.2 Å². The normalized spacial score (nSPS) is 18.2. The summed E-state index contributed by atoms with van der Waals surface area (Å²) in [6.07, 6.45) is 1.11. The SMILES string of the molecule is CN(Cc1ccccc1)C1CCN(Cc2cc(=O)n3[nH]c(N)nc3n2)C1. The molecule has 8 heteroatoms. The molecule has 2 aromatic heterocycles. The maximum absolute atomic E-state index is 12.1. The minimum Gasteiger partial charge on any atom is -0.368 e. The molecular weight excluding hydrogens is 330 g/mol. The number of nitrogens with two attached hydrogens (primary N) is 1. The van der Waals surface area contributed by atoms with Crippen molar-refractivity contribution in [2.75, 3.05) is 25.9 Å². The number of fused-ring (bicyclic) bond motifs is 1. The molecule has 0 amide bonds. The Morgan fingerprint density at radius 1 is 1.31 bits per heavy atom. The minimum absolute atomic E-state index is 0.189. The molecule has 1 aliphatic rings. The van der Waals surface area contributed by atoms with Crippen molar-refractivity contribution in [3.05, 3.63) is 58.0 Å². The van der Waals surface area contributed by atoms with Gasteiger partial charge in [-0.2, -0.15) is 9.50 Å². The number of hydrogen-bond acceptors (Lipinski definition) is 6. The lowest BCUT2D eigenvalue weighted by atomic mass is 10.1. The van der Waals surface area contributed by atoms with Gasteiger partial charge >= 0.3 is 0 Å². The zero-order valence-corrected chi connectivity index (χ0v) is 14.8. The highest BCUT2D eigenvalue weighted by molar-refractivity contribution is 5.34. The lowest BCUT2D eigenvalue weighted by Gasteiger charge is -2.24. The number of nitrogen functional groups attached to an aromatic ring is 1. The molecule has 8 nitrogen and oxygen atoms in total. The minimum atomic E-state index is -0.189. The van der Waals surface area contributed by atoms with Crippen molar-refractivity contribution in [3.8, 4) is 0 Å². The average Bonchev–Trinajstić information content (AvgIpc) is 3.22. The number of likely N-dealkylation sites (tertiary alicyclic amines) is 1. The third-order valence-electron chi connectivity index (χ3n) is 4.93. The van der Waals surface area contributed by atoms with Gasteiger partial charge in [0.25, 0.3) is 11.3 Å². The molecule has 4 rings (SSSR count). The van der Waals surface area contributed by atoms with Crippen molar-refractivity contribution in [3.63, 3.8) is 0 Å². The topological polar surface area (TPSA) is 95.5 Å². The number of nitrogens with zero attached hydrogens (tertiary/aromatic N) is 5. The molecular formula is C18H23N7O. The second kappa shape index (κ2) is 6.89. The van der Waals surface area contributed by atoms with Crippen molar-refractivity contribution in [1.29, 1.82) is 0 Å². The third kappa shape index (κ3) is 3.47. The van der Waals surface area contributed by atoms with Crippen LogP contribution in [0.4, 0.5) is 5.95 Å². The summed E-state index contributed by atoms with van der Waals surface area (Å²) in [5.74, 6) is 0.512. The number of anilines is 1. The lowest BCUT2D eigenvalue weighted by Crippen LogP contribution is -2.34. The van der Waals surface area contributed by atoms with Gasteiger partial charge in [-0.05, 0) is 19.0 Å². The van der Waals surface area contributed by atoms with Crippen LogP contribution in [0.1, 0.15) is 17.7 Å². The zero-order chi connectivity index (χ0) is 18.1. The molecule has 0 saturated carbocycles. The molecule has 1 aliphatic heterocycles. The summed E-state index contributed by atoms with van der Waals surface area (Å²) >= 11 is 0. The summed E-state index contributed by atoms with van der Waals surface area (Å²) in [5.41, 5.74) is 7.47. The first-order valence-corrected chi connectivity index (χ1v) is 8.79. The first kappa shape index (κ1) is 16.7. The predicted octanol–water partition coefficient (Wildman–Crippen LogP) is 0.706. The van der Waals surface area contributed by atoms with Crippen LogP contribution in [-0.2, 0) is 13.1 Å². The molecule has 1 unspecified atom stereocenters. The maximum Gasteiger partial charge on any atom is 0.274 e. The van der Waals surface area contributed by atoms with E-state index in [1.54, 1.807) is 6.07 Å². The van der Waals surface area contributed by atoms with Gasteiger partial charge in [-0.25, -0.2) is 4.98 Å². The van der Waals surface area contributed by atoms with Crippen LogP contribution in [0.15, 0.2) is 41.2 Å². The summed E-state index contributed by atoms with van der Waals surface area (Å²) in [7, 11) is 2.17. The van der Waals surface area contributed by atoms with Gasteiger partial charge in [-0.3, -0.25) is 19.7 Å². The van der Waals surface area contributed by atoms with Gasteiger partial charge in [-0.15, -0.1) is 0 Å². The van der Waals surface area contributed by atoms with Crippen LogP contribution in [0.3, 0.4) is 0 Å². The third-order valence-corrected chi connectivity index (χ3v) is 4.93. The van der Waals surface area contributed by atoms with Crippen molar-refractivity contribution in [2.45, 2.75) is 25.6 Å². The first-order valence-electron chi connectivity index (χ1n) is 8.79. The van der Waals surface area contributed by atoms with Gasteiger partial charge in [0.1, 0.15) is 0 Å². The Morgan fingerprint density at radius 3 is 2.92 bits per heavy atom. The Bertz CT molecular complexity index is 949.